The molecule has 1 aromatic carbocycles. The number of rotatable bonds is 7. The van der Waals surface area contributed by atoms with Gasteiger partial charge in [-0.05, 0) is 30.5 Å². The average Bonchev–Trinajstić information content (AvgIpc) is 2.50. The zero-order valence-electron chi connectivity index (χ0n) is 13.6. The SMILES string of the molecule is COc1ccc(CN(C(=O)C(Cl)Cl)C(C)C(C)C)cc1OC. The number of nitrogens with zero attached hydrogens (tertiary/aromatic N) is 1. The molecule has 1 rings (SSSR count). The van der Waals surface area contributed by atoms with Gasteiger partial charge in [0.25, 0.3) is 5.91 Å². The number of benzene rings is 1. The number of carbonyl (C=O) groups excluding carboxylic acids is 1. The first-order valence-corrected chi connectivity index (χ1v) is 7.98. The molecule has 0 saturated heterocycles. The molecule has 0 N–H and O–H groups in total. The molecule has 0 aromatic heterocycles. The molecule has 4 nitrogen and oxygen atoms in total. The van der Waals surface area contributed by atoms with E-state index in [1.54, 1.807) is 19.1 Å². The summed E-state index contributed by atoms with van der Waals surface area (Å²) in [5.41, 5.74) is 0.924. The molecule has 0 bridgehead atoms. The second kappa shape index (κ2) is 8.49. The second-order valence-corrected chi connectivity index (χ2v) is 6.54. The van der Waals surface area contributed by atoms with Crippen LogP contribution in [0.1, 0.15) is 26.3 Å². The van der Waals surface area contributed by atoms with Crippen LogP contribution in [0.3, 0.4) is 0 Å². The van der Waals surface area contributed by atoms with Crippen LogP contribution in [0.15, 0.2) is 18.2 Å². The Hall–Kier alpha value is -1.13. The van der Waals surface area contributed by atoms with Crippen LogP contribution in [-0.2, 0) is 11.3 Å². The fraction of sp³-hybridized carbons (Fsp3) is 0.562. The van der Waals surface area contributed by atoms with E-state index in [1.807, 2.05) is 25.1 Å². The molecular weight excluding hydrogens is 325 g/mol. The van der Waals surface area contributed by atoms with Gasteiger partial charge >= 0.3 is 0 Å². The van der Waals surface area contributed by atoms with E-state index >= 15 is 0 Å². The summed E-state index contributed by atoms with van der Waals surface area (Å²) < 4.78 is 10.5. The van der Waals surface area contributed by atoms with E-state index in [1.165, 1.54) is 0 Å². The van der Waals surface area contributed by atoms with Crippen LogP contribution < -0.4 is 9.47 Å². The van der Waals surface area contributed by atoms with Gasteiger partial charge in [-0.15, -0.1) is 0 Å². The van der Waals surface area contributed by atoms with E-state index < -0.39 is 4.84 Å². The quantitative estimate of drug-likeness (QED) is 0.702. The lowest BCUT2D eigenvalue weighted by molar-refractivity contribution is -0.132. The van der Waals surface area contributed by atoms with Gasteiger partial charge in [0.1, 0.15) is 0 Å². The van der Waals surface area contributed by atoms with Gasteiger partial charge in [-0.25, -0.2) is 0 Å². The first kappa shape index (κ1) is 18.9. The van der Waals surface area contributed by atoms with Crippen molar-refractivity contribution in [2.45, 2.75) is 38.2 Å². The Morgan fingerprint density at radius 2 is 1.73 bits per heavy atom. The lowest BCUT2D eigenvalue weighted by atomic mass is 10.0. The van der Waals surface area contributed by atoms with Gasteiger partial charge < -0.3 is 14.4 Å². The fourth-order valence-electron chi connectivity index (χ4n) is 2.08. The van der Waals surface area contributed by atoms with E-state index in [4.69, 9.17) is 32.7 Å². The van der Waals surface area contributed by atoms with Crippen molar-refractivity contribution in [2.75, 3.05) is 14.2 Å². The molecule has 1 amide bonds. The van der Waals surface area contributed by atoms with Gasteiger partial charge in [0, 0.05) is 12.6 Å². The van der Waals surface area contributed by atoms with Crippen molar-refractivity contribution in [1.29, 1.82) is 0 Å². The molecule has 6 heteroatoms. The van der Waals surface area contributed by atoms with Gasteiger partial charge in [-0.1, -0.05) is 43.1 Å². The molecule has 1 atom stereocenters. The molecular formula is C16H23Cl2NO3. The van der Waals surface area contributed by atoms with Crippen LogP contribution in [0.2, 0.25) is 0 Å². The van der Waals surface area contributed by atoms with Gasteiger partial charge in [0.05, 0.1) is 14.2 Å². The zero-order chi connectivity index (χ0) is 16.9. The molecule has 124 valence electrons. The van der Waals surface area contributed by atoms with Crippen LogP contribution >= 0.6 is 23.2 Å². The molecule has 0 fully saturated rings. The first-order valence-electron chi connectivity index (χ1n) is 7.11. The zero-order valence-corrected chi connectivity index (χ0v) is 15.1. The third-order valence-electron chi connectivity index (χ3n) is 3.73. The molecule has 0 aliphatic rings. The smallest absolute Gasteiger partial charge is 0.256 e. The van der Waals surface area contributed by atoms with Crippen LogP contribution in [-0.4, -0.2) is 35.9 Å². The Bertz CT molecular complexity index is 506. The van der Waals surface area contributed by atoms with Crippen molar-refractivity contribution in [3.8, 4) is 11.5 Å². The normalized spacial score (nSPS) is 12.4. The minimum Gasteiger partial charge on any atom is -0.493 e. The van der Waals surface area contributed by atoms with Crippen molar-refractivity contribution >= 4 is 29.1 Å². The Morgan fingerprint density at radius 3 is 2.18 bits per heavy atom. The maximum absolute atomic E-state index is 12.3. The third kappa shape index (κ3) is 4.68. The molecule has 0 radical (unpaired) electrons. The molecule has 0 aliphatic heterocycles. The molecule has 0 aliphatic carbocycles. The number of methoxy groups -OCH3 is 2. The minimum absolute atomic E-state index is 0.0144. The van der Waals surface area contributed by atoms with E-state index in [2.05, 4.69) is 13.8 Å². The number of ether oxygens (including phenoxy) is 2. The van der Waals surface area contributed by atoms with Crippen LogP contribution in [0, 0.1) is 5.92 Å². The summed E-state index contributed by atoms with van der Waals surface area (Å²) in [6, 6.07) is 5.58. The summed E-state index contributed by atoms with van der Waals surface area (Å²) in [7, 11) is 3.16. The molecule has 0 saturated carbocycles. The summed E-state index contributed by atoms with van der Waals surface area (Å²) >= 11 is 11.5. The molecule has 1 aromatic rings. The van der Waals surface area contributed by atoms with Gasteiger partial charge in [0.15, 0.2) is 16.3 Å². The topological polar surface area (TPSA) is 38.8 Å². The summed E-state index contributed by atoms with van der Waals surface area (Å²) in [5, 5.41) is 0. The van der Waals surface area contributed by atoms with E-state index in [0.717, 1.165) is 5.56 Å². The number of hydrogen-bond acceptors (Lipinski definition) is 3. The summed E-state index contributed by atoms with van der Waals surface area (Å²) in [6.45, 7) is 6.50. The predicted molar refractivity (Wildman–Crippen MR) is 89.9 cm³/mol. The summed E-state index contributed by atoms with van der Waals surface area (Å²) in [6.07, 6.45) is 0. The van der Waals surface area contributed by atoms with Gasteiger partial charge in [-0.3, -0.25) is 4.79 Å². The number of amides is 1. The number of carbonyl (C=O) groups is 1. The number of halogens is 2. The number of hydrogen-bond donors (Lipinski definition) is 0. The van der Waals surface area contributed by atoms with Gasteiger partial charge in [0.2, 0.25) is 0 Å². The van der Waals surface area contributed by atoms with Crippen LogP contribution in [0.5, 0.6) is 11.5 Å². The van der Waals surface area contributed by atoms with E-state index in [9.17, 15) is 4.79 Å². The summed E-state index contributed by atoms with van der Waals surface area (Å²) in [4.78, 5) is 12.9. The maximum Gasteiger partial charge on any atom is 0.256 e. The molecule has 22 heavy (non-hydrogen) atoms. The van der Waals surface area contributed by atoms with Crippen LogP contribution in [0.4, 0.5) is 0 Å². The highest BCUT2D eigenvalue weighted by atomic mass is 35.5. The summed E-state index contributed by atoms with van der Waals surface area (Å²) in [5.74, 6) is 1.27. The lowest BCUT2D eigenvalue weighted by Crippen LogP contribution is -2.43. The largest absolute Gasteiger partial charge is 0.493 e. The highest BCUT2D eigenvalue weighted by molar-refractivity contribution is 6.53. The average molecular weight is 348 g/mol. The minimum atomic E-state index is -1.07. The van der Waals surface area contributed by atoms with E-state index in [0.29, 0.717) is 18.0 Å². The fourth-order valence-corrected chi connectivity index (χ4v) is 2.33. The monoisotopic (exact) mass is 347 g/mol. The Kier molecular flexibility index (Phi) is 7.30. The van der Waals surface area contributed by atoms with Crippen molar-refractivity contribution in [3.63, 3.8) is 0 Å². The Labute approximate surface area is 142 Å². The van der Waals surface area contributed by atoms with Crippen molar-refractivity contribution in [1.82, 2.24) is 4.90 Å². The molecule has 0 spiro atoms. The predicted octanol–water partition coefficient (Wildman–Crippen LogP) is 3.88. The first-order chi connectivity index (χ1) is 10.3. The Morgan fingerprint density at radius 1 is 1.14 bits per heavy atom. The molecule has 1 unspecified atom stereocenters. The second-order valence-electron chi connectivity index (χ2n) is 5.44. The van der Waals surface area contributed by atoms with Crippen molar-refractivity contribution in [2.24, 2.45) is 5.92 Å². The highest BCUT2D eigenvalue weighted by Gasteiger charge is 2.27. The molecule has 0 heterocycles. The Balaban J connectivity index is 3.06. The maximum atomic E-state index is 12.3. The van der Waals surface area contributed by atoms with Crippen molar-refractivity contribution in [3.05, 3.63) is 23.8 Å². The highest BCUT2D eigenvalue weighted by Crippen LogP contribution is 2.29. The lowest BCUT2D eigenvalue weighted by Gasteiger charge is -2.32. The number of alkyl halides is 2. The van der Waals surface area contributed by atoms with Gasteiger partial charge in [-0.2, -0.15) is 0 Å². The standard InChI is InChI=1S/C16H23Cl2NO3/c1-10(2)11(3)19(16(20)15(17)18)9-12-6-7-13(21-4)14(8-12)22-5/h6-8,10-11,15H,9H2,1-5H3. The third-order valence-corrected chi connectivity index (χ3v) is 4.10. The van der Waals surface area contributed by atoms with Crippen molar-refractivity contribution < 1.29 is 14.3 Å². The van der Waals surface area contributed by atoms with Crippen LogP contribution in [0.25, 0.3) is 0 Å². The van der Waals surface area contributed by atoms with E-state index in [-0.39, 0.29) is 17.9 Å².